The van der Waals surface area contributed by atoms with Crippen molar-refractivity contribution in [3.63, 3.8) is 0 Å². The highest BCUT2D eigenvalue weighted by Gasteiger charge is 2.54. The fraction of sp³-hybridized carbons (Fsp3) is 0.400. The van der Waals surface area contributed by atoms with Crippen molar-refractivity contribution in [3.05, 3.63) is 32.8 Å². The second-order valence-electron chi connectivity index (χ2n) is 6.56. The maximum absolute atomic E-state index is 12.7. The average Bonchev–Trinajstić information content (AvgIpc) is 3.19. The number of nitrogens with two attached hydrogens (primary N) is 1. The number of nitrogen functional groups attached to an aromatic ring is 1. The molecule has 3 heterocycles. The van der Waals surface area contributed by atoms with E-state index in [0.29, 0.717) is 0 Å². The first-order chi connectivity index (χ1) is 15.6. The van der Waals surface area contributed by atoms with Gasteiger partial charge < -0.3 is 21.0 Å². The number of aromatic nitrogens is 1. The molecule has 18 heteroatoms. The monoisotopic (exact) mass is 516 g/mol. The van der Waals surface area contributed by atoms with Gasteiger partial charge in [0.05, 0.1) is 5.75 Å². The Morgan fingerprint density at radius 3 is 2.82 bits per heavy atom. The second-order valence-corrected chi connectivity index (χ2v) is 10.6. The van der Waals surface area contributed by atoms with Gasteiger partial charge in [0.1, 0.15) is 35.8 Å². The van der Waals surface area contributed by atoms with Crippen LogP contribution in [0.4, 0.5) is 5.13 Å². The molecule has 0 saturated carbocycles. The summed E-state index contributed by atoms with van der Waals surface area (Å²) in [5, 5.41) is 19.6. The number of hydrogen-bond donors (Lipinski definition) is 3. The number of azide groups is 1. The van der Waals surface area contributed by atoms with Gasteiger partial charge in [0.25, 0.3) is 11.8 Å². The molecular formula is C15H16N8O7S3. The summed E-state index contributed by atoms with van der Waals surface area (Å²) >= 11 is 2.15. The SMILES string of the molecule is CO/N=C(\C(=O)NC1C(=O)N2C(C(=O)O)=C(CS(=O)(=O)CN=[N+]=[N-])CS[C@H]12)c1csc(N)n1. The number of nitrogens with one attached hydrogen (secondary N) is 1. The van der Waals surface area contributed by atoms with E-state index in [1.165, 1.54) is 12.5 Å². The van der Waals surface area contributed by atoms with Gasteiger partial charge in [0.2, 0.25) is 0 Å². The average molecular weight is 517 g/mol. The smallest absolute Gasteiger partial charge is 0.352 e. The zero-order valence-corrected chi connectivity index (χ0v) is 19.2. The van der Waals surface area contributed by atoms with Crippen molar-refractivity contribution >= 4 is 61.6 Å². The fourth-order valence-corrected chi connectivity index (χ4v) is 6.23. The van der Waals surface area contributed by atoms with Gasteiger partial charge in [-0.05, 0) is 11.1 Å². The van der Waals surface area contributed by atoms with Crippen molar-refractivity contribution in [1.82, 2.24) is 15.2 Å². The lowest BCUT2D eigenvalue weighted by molar-refractivity contribution is -0.150. The summed E-state index contributed by atoms with van der Waals surface area (Å²) in [6.07, 6.45) is 0. The molecule has 1 aromatic heterocycles. The molecule has 1 fully saturated rings. The number of fused-ring (bicyclic) bond motifs is 1. The number of anilines is 1. The molecule has 1 aromatic rings. The number of carboxylic acids is 1. The molecule has 33 heavy (non-hydrogen) atoms. The number of amides is 2. The van der Waals surface area contributed by atoms with E-state index in [1.807, 2.05) is 0 Å². The predicted molar refractivity (Wildman–Crippen MR) is 118 cm³/mol. The van der Waals surface area contributed by atoms with Gasteiger partial charge in [0.15, 0.2) is 20.7 Å². The van der Waals surface area contributed by atoms with E-state index in [2.05, 4.69) is 30.3 Å². The molecule has 2 aliphatic heterocycles. The Hall–Kier alpha value is -3.34. The number of sulfone groups is 1. The normalized spacial score (nSPS) is 20.5. The number of carboxylic acid groups (broad SMARTS) is 1. The third-order valence-corrected chi connectivity index (χ3v) is 7.72. The number of rotatable bonds is 9. The number of thiazole rings is 1. The molecule has 2 aliphatic rings. The van der Waals surface area contributed by atoms with Gasteiger partial charge >= 0.3 is 5.97 Å². The van der Waals surface area contributed by atoms with Crippen molar-refractivity contribution < 1.29 is 32.7 Å². The molecule has 0 bridgehead atoms. The van der Waals surface area contributed by atoms with Crippen molar-refractivity contribution in [1.29, 1.82) is 0 Å². The van der Waals surface area contributed by atoms with E-state index >= 15 is 0 Å². The summed E-state index contributed by atoms with van der Waals surface area (Å²) in [7, 11) is -2.71. The van der Waals surface area contributed by atoms with Gasteiger partial charge in [-0.3, -0.25) is 14.5 Å². The standard InChI is InChI=1S/C15H16N8O7S3/c1-30-21-8(7-3-32-15(16)19-7)11(24)20-9-12(25)23-10(14(26)27)6(2-31-13(9)23)4-33(28,29)5-18-22-17/h3,9,13H,2,4-5H2,1H3,(H2,16,19)(H,20,24)(H,26,27)/b21-8-/t9?,13-/m1/s1. The highest BCUT2D eigenvalue weighted by Crippen LogP contribution is 2.40. The number of thioether (sulfide) groups is 1. The Balaban J connectivity index is 1.81. The lowest BCUT2D eigenvalue weighted by Crippen LogP contribution is -2.71. The van der Waals surface area contributed by atoms with Crippen LogP contribution in [0.5, 0.6) is 0 Å². The number of hydrogen-bond acceptors (Lipinski definition) is 12. The van der Waals surface area contributed by atoms with Gasteiger partial charge in [-0.25, -0.2) is 18.2 Å². The van der Waals surface area contributed by atoms with E-state index < -0.39 is 56.4 Å². The summed E-state index contributed by atoms with van der Waals surface area (Å²) < 4.78 is 24.2. The van der Waals surface area contributed by atoms with Crippen molar-refractivity contribution in [2.24, 2.45) is 10.3 Å². The van der Waals surface area contributed by atoms with Crippen molar-refractivity contribution in [2.75, 3.05) is 30.2 Å². The minimum Gasteiger partial charge on any atom is -0.477 e. The van der Waals surface area contributed by atoms with Crippen LogP contribution in [0.3, 0.4) is 0 Å². The molecule has 2 atom stereocenters. The Kier molecular flexibility index (Phi) is 7.11. The van der Waals surface area contributed by atoms with Crippen LogP contribution in [0.1, 0.15) is 5.69 Å². The molecule has 2 amide bonds. The summed E-state index contributed by atoms with van der Waals surface area (Å²) in [5.41, 5.74) is 13.3. The van der Waals surface area contributed by atoms with Crippen LogP contribution in [-0.2, 0) is 29.1 Å². The number of carbonyl (C=O) groups excluding carboxylic acids is 2. The molecule has 176 valence electrons. The highest BCUT2D eigenvalue weighted by molar-refractivity contribution is 8.00. The fourth-order valence-electron chi connectivity index (χ4n) is 3.12. The number of β-lactam (4-membered cyclic amide) rings is 1. The lowest BCUT2D eigenvalue weighted by Gasteiger charge is -2.49. The summed E-state index contributed by atoms with van der Waals surface area (Å²) in [4.78, 5) is 49.2. The van der Waals surface area contributed by atoms with Gasteiger partial charge in [-0.1, -0.05) is 10.3 Å². The Morgan fingerprint density at radius 2 is 2.24 bits per heavy atom. The minimum atomic E-state index is -3.93. The van der Waals surface area contributed by atoms with E-state index in [1.54, 1.807) is 0 Å². The van der Waals surface area contributed by atoms with Crippen molar-refractivity contribution in [2.45, 2.75) is 11.4 Å². The van der Waals surface area contributed by atoms with Crippen LogP contribution in [-0.4, -0.2) is 82.8 Å². The van der Waals surface area contributed by atoms with Crippen LogP contribution in [0.2, 0.25) is 0 Å². The summed E-state index contributed by atoms with van der Waals surface area (Å²) in [6.45, 7) is 0. The minimum absolute atomic E-state index is 0.0189. The summed E-state index contributed by atoms with van der Waals surface area (Å²) in [6, 6.07) is -1.09. The van der Waals surface area contributed by atoms with Crippen LogP contribution in [0, 0.1) is 0 Å². The quantitative estimate of drug-likeness (QED) is 0.0950. The van der Waals surface area contributed by atoms with E-state index in [9.17, 15) is 27.9 Å². The van der Waals surface area contributed by atoms with Crippen LogP contribution >= 0.6 is 23.1 Å². The molecule has 0 radical (unpaired) electrons. The number of carbonyl (C=O) groups is 3. The van der Waals surface area contributed by atoms with Crippen LogP contribution < -0.4 is 11.1 Å². The molecule has 3 rings (SSSR count). The number of nitrogens with zero attached hydrogens (tertiary/aromatic N) is 6. The molecule has 4 N–H and O–H groups in total. The highest BCUT2D eigenvalue weighted by atomic mass is 32.2. The Labute approximate surface area is 194 Å². The zero-order valence-electron chi connectivity index (χ0n) is 16.7. The molecule has 1 saturated heterocycles. The second kappa shape index (κ2) is 9.65. The number of oxime groups is 1. The molecular weight excluding hydrogens is 500 g/mol. The first-order valence-corrected chi connectivity index (χ1v) is 12.6. The third-order valence-electron chi connectivity index (χ3n) is 4.41. The third kappa shape index (κ3) is 5.03. The van der Waals surface area contributed by atoms with Gasteiger partial charge in [0, 0.05) is 16.0 Å². The van der Waals surface area contributed by atoms with E-state index in [-0.39, 0.29) is 27.9 Å². The molecule has 0 spiro atoms. The molecule has 0 aliphatic carbocycles. The van der Waals surface area contributed by atoms with E-state index in [0.717, 1.165) is 28.0 Å². The Bertz CT molecular complexity index is 1220. The van der Waals surface area contributed by atoms with Gasteiger partial charge in [-0.2, -0.15) is 0 Å². The first-order valence-electron chi connectivity index (χ1n) is 8.84. The molecule has 0 aromatic carbocycles. The van der Waals surface area contributed by atoms with E-state index in [4.69, 9.17) is 11.3 Å². The predicted octanol–water partition coefficient (Wildman–Crippen LogP) is -0.503. The van der Waals surface area contributed by atoms with Gasteiger partial charge in [-0.15, -0.1) is 23.1 Å². The maximum atomic E-state index is 12.7. The Morgan fingerprint density at radius 1 is 1.52 bits per heavy atom. The van der Waals surface area contributed by atoms with Crippen LogP contribution in [0.25, 0.3) is 10.4 Å². The lowest BCUT2D eigenvalue weighted by atomic mass is 10.0. The van der Waals surface area contributed by atoms with Crippen LogP contribution in [0.15, 0.2) is 26.9 Å². The van der Waals surface area contributed by atoms with Crippen molar-refractivity contribution in [3.8, 4) is 0 Å². The maximum Gasteiger partial charge on any atom is 0.352 e. The topological polar surface area (TPSA) is 230 Å². The molecule has 15 nitrogen and oxygen atoms in total. The molecule has 1 unspecified atom stereocenters. The summed E-state index contributed by atoms with van der Waals surface area (Å²) in [5.74, 6) is -4.58. The number of aliphatic carboxylic acids is 1. The largest absolute Gasteiger partial charge is 0.477 e. The first kappa shape index (κ1) is 24.3. The zero-order chi connectivity index (χ0) is 24.3.